The minimum absolute atomic E-state index is 0.00715. The summed E-state index contributed by atoms with van der Waals surface area (Å²) in [6.07, 6.45) is -1.91. The molecule has 24 N–H and O–H groups in total. The molecule has 32 nitrogen and oxygen atoms in total. The number of Topliss-reactive ketones (excluding diaryl/α,β-unsaturated/α-hetero) is 2. The molecule has 0 aliphatic carbocycles. The van der Waals surface area contributed by atoms with Crippen LogP contribution in [0.15, 0.2) is 24.3 Å². The number of aromatic hydroxyl groups is 1. The van der Waals surface area contributed by atoms with Gasteiger partial charge in [0.05, 0.1) is 55.8 Å². The molecule has 1 fully saturated rings. The van der Waals surface area contributed by atoms with Gasteiger partial charge in [0.2, 0.25) is 59.1 Å². The topological polar surface area (TPSA) is 537 Å². The SMILES string of the molecule is CC(C)C[C@@H]1NC(=O)[C@H](Cc2ccc(O)cc2)NC(C(=O)[C@H](CCCCN)NN[C@H](C)C=O)NC(=O)C(N[C@@H](CC(C)C)C(=O)N[C@@H](CCCCN)C(=O)N[C@@H](CCCCN)C(=O)NCC(=O)NCC(=O)N[C@H](C(N)=O)C(C)O)C(=O)[C@H](CC(N)=O)NC1=O. The monoisotopic (exact) mass is 1260 g/mol. The van der Waals surface area contributed by atoms with Crippen molar-refractivity contribution < 1.29 is 72.5 Å². The molecule has 0 bridgehead atoms. The lowest BCUT2D eigenvalue weighted by Gasteiger charge is -2.32. The number of aldehydes is 1. The van der Waals surface area contributed by atoms with Gasteiger partial charge in [0.25, 0.3) is 0 Å². The Kier molecular flexibility index (Phi) is 35.6. The Labute approximate surface area is 518 Å². The number of nitrogens with two attached hydrogens (primary N) is 5. The number of phenols is 1. The molecular weight excluding hydrogens is 1160 g/mol. The predicted octanol–water partition coefficient (Wildman–Crippen LogP) is -6.26. The Bertz CT molecular complexity index is 2520. The number of hydrogen-bond donors (Lipinski definition) is 19. The average molecular weight is 1260 g/mol. The van der Waals surface area contributed by atoms with Crippen molar-refractivity contribution in [2.75, 3.05) is 32.7 Å². The minimum atomic E-state index is -2.24. The van der Waals surface area contributed by atoms with Crippen LogP contribution in [0, 0.1) is 11.8 Å². The average Bonchev–Trinajstić information content (AvgIpc) is 3.54. The van der Waals surface area contributed by atoms with Crippen LogP contribution in [0.1, 0.15) is 124 Å². The highest BCUT2D eigenvalue weighted by atomic mass is 16.3. The third-order valence-corrected chi connectivity index (χ3v) is 14.1. The van der Waals surface area contributed by atoms with Crippen LogP contribution in [0.5, 0.6) is 5.75 Å². The van der Waals surface area contributed by atoms with E-state index in [4.69, 9.17) is 28.7 Å². The molecule has 500 valence electrons. The number of primary amides is 2. The lowest BCUT2D eigenvalue weighted by molar-refractivity contribution is -0.139. The summed E-state index contributed by atoms with van der Waals surface area (Å²) in [7, 11) is 0. The van der Waals surface area contributed by atoms with Gasteiger partial charge in [-0.3, -0.25) is 68.2 Å². The maximum Gasteiger partial charge on any atom is 0.246 e. The van der Waals surface area contributed by atoms with E-state index in [1.807, 2.05) is 0 Å². The number of ketones is 2. The first kappa shape index (κ1) is 77.5. The maximum atomic E-state index is 15.3. The molecule has 0 spiro atoms. The van der Waals surface area contributed by atoms with Crippen molar-refractivity contribution in [1.82, 2.24) is 64.0 Å². The molecule has 1 aromatic rings. The van der Waals surface area contributed by atoms with Crippen molar-refractivity contribution in [2.24, 2.45) is 40.5 Å². The Morgan fingerprint density at radius 1 is 0.607 bits per heavy atom. The van der Waals surface area contributed by atoms with Gasteiger partial charge >= 0.3 is 0 Å². The largest absolute Gasteiger partial charge is 0.508 e. The maximum absolute atomic E-state index is 15.3. The summed E-state index contributed by atoms with van der Waals surface area (Å²) in [6, 6.07) is -9.17. The van der Waals surface area contributed by atoms with Crippen molar-refractivity contribution in [2.45, 2.75) is 198 Å². The van der Waals surface area contributed by atoms with E-state index in [-0.39, 0.29) is 76.2 Å². The molecule has 1 aliphatic rings. The highest BCUT2D eigenvalue weighted by Crippen LogP contribution is 2.17. The summed E-state index contributed by atoms with van der Waals surface area (Å²) in [5.74, 6) is -12.5. The van der Waals surface area contributed by atoms with Crippen LogP contribution in [0.25, 0.3) is 0 Å². The van der Waals surface area contributed by atoms with Crippen LogP contribution < -0.4 is 92.7 Å². The predicted molar refractivity (Wildman–Crippen MR) is 325 cm³/mol. The number of phenolic OH excluding ortho intramolecular Hbond substituents is 1. The van der Waals surface area contributed by atoms with E-state index < -0.39 is 169 Å². The fraction of sp³-hybridized carbons (Fsp3) is 0.667. The number of aliphatic hydroxyl groups is 1. The number of nitrogens with one attached hydrogen (secondary N) is 12. The molecule has 12 atom stereocenters. The van der Waals surface area contributed by atoms with E-state index in [1.54, 1.807) is 27.7 Å². The zero-order valence-electron chi connectivity index (χ0n) is 51.8. The number of rotatable bonds is 40. The van der Waals surface area contributed by atoms with Gasteiger partial charge in [-0.2, -0.15) is 0 Å². The number of unbranched alkanes of at least 4 members (excludes halogenated alkanes) is 3. The lowest BCUT2D eigenvalue weighted by atomic mass is 9.95. The van der Waals surface area contributed by atoms with Gasteiger partial charge in [0.15, 0.2) is 11.6 Å². The molecule has 1 saturated heterocycles. The van der Waals surface area contributed by atoms with E-state index >= 15 is 14.4 Å². The highest BCUT2D eigenvalue weighted by Gasteiger charge is 2.43. The third kappa shape index (κ3) is 29.1. The van der Waals surface area contributed by atoms with Crippen molar-refractivity contribution in [3.8, 4) is 5.75 Å². The standard InChI is InChI=1S/C57H97N17O15/c1-30(2)23-40(54(86)68-38(15-9-12-22-60)53(85)67-37(14-8-11-21-59)52(84)64-27-44(79)63-28-45(80)71-46(33(6)76)50(62)83)65-47-48(81)39(26-43(61)78)69-55(87)41(24-31(3)4)70-56(88)42(25-34-16-18-35(77)19-17-34)66-51(72-57(47)89)49(82)36(13-7-10-20-58)74-73-32(5)29-75/h16-19,29-33,36-42,46-47,51,65-66,73-74,76-77H,7-15,20-28,58-60H2,1-6H3,(H2,61,78)(H2,62,83)(H,63,79)(H,64,84)(H,67,85)(H,68,86)(H,69,87)(H,70,88)(H,71,80)(H,72,89)/t32-,33?,36+,37+,38+,39+,40+,41+,42+,46+,47?,51?/m1/s1. The fourth-order valence-corrected chi connectivity index (χ4v) is 9.30. The van der Waals surface area contributed by atoms with Gasteiger partial charge in [0, 0.05) is 0 Å². The van der Waals surface area contributed by atoms with E-state index in [0.29, 0.717) is 44.0 Å². The van der Waals surface area contributed by atoms with Gasteiger partial charge in [0.1, 0.15) is 48.4 Å². The Balaban J connectivity index is 2.81. The number of amides is 10. The van der Waals surface area contributed by atoms with E-state index in [9.17, 15) is 58.2 Å². The normalized spacial score (nSPS) is 19.8. The molecule has 0 radical (unpaired) electrons. The molecule has 2 rings (SSSR count). The van der Waals surface area contributed by atoms with Crippen LogP contribution in [0.4, 0.5) is 0 Å². The molecule has 32 heteroatoms. The second-order valence-electron chi connectivity index (χ2n) is 23.0. The Hall–Kier alpha value is -7.59. The fourth-order valence-electron chi connectivity index (χ4n) is 9.30. The number of carbonyl (C=O) groups excluding carboxylic acids is 13. The summed E-state index contributed by atoms with van der Waals surface area (Å²) in [4.78, 5) is 179. The van der Waals surface area contributed by atoms with Crippen LogP contribution in [-0.4, -0.2) is 193 Å². The number of benzene rings is 1. The van der Waals surface area contributed by atoms with Gasteiger partial charge in [-0.05, 0) is 134 Å². The molecule has 1 aliphatic heterocycles. The van der Waals surface area contributed by atoms with Gasteiger partial charge in [-0.1, -0.05) is 46.2 Å². The zero-order valence-corrected chi connectivity index (χ0v) is 51.8. The molecular formula is C57H97N17O15. The molecule has 10 amide bonds. The first-order valence-corrected chi connectivity index (χ1v) is 30.1. The van der Waals surface area contributed by atoms with Crippen LogP contribution in [0.2, 0.25) is 0 Å². The molecule has 3 unspecified atom stereocenters. The summed E-state index contributed by atoms with van der Waals surface area (Å²) < 4.78 is 0. The highest BCUT2D eigenvalue weighted by molar-refractivity contribution is 6.11. The first-order chi connectivity index (χ1) is 42.0. The molecule has 0 aromatic heterocycles. The van der Waals surface area contributed by atoms with Gasteiger partial charge in [-0.25, -0.2) is 10.9 Å². The number of carbonyl (C=O) groups is 13. The summed E-state index contributed by atoms with van der Waals surface area (Å²) in [6.45, 7) is 8.91. The lowest BCUT2D eigenvalue weighted by Crippen LogP contribution is -2.67. The van der Waals surface area contributed by atoms with E-state index in [0.717, 1.165) is 0 Å². The number of hydrazine groups is 1. The van der Waals surface area contributed by atoms with E-state index in [2.05, 4.69) is 64.0 Å². The van der Waals surface area contributed by atoms with Crippen molar-refractivity contribution in [3.05, 3.63) is 29.8 Å². The van der Waals surface area contributed by atoms with Gasteiger partial charge < -0.3 is 86.2 Å². The minimum Gasteiger partial charge on any atom is -0.508 e. The second kappa shape index (κ2) is 40.9. The van der Waals surface area contributed by atoms with Crippen LogP contribution in [0.3, 0.4) is 0 Å². The second-order valence-corrected chi connectivity index (χ2v) is 23.0. The van der Waals surface area contributed by atoms with E-state index in [1.165, 1.54) is 38.1 Å². The van der Waals surface area contributed by atoms with Crippen LogP contribution >= 0.6 is 0 Å². The van der Waals surface area contributed by atoms with Gasteiger partial charge in [-0.15, -0.1) is 0 Å². The number of aliphatic hydroxyl groups excluding tert-OH is 1. The zero-order chi connectivity index (χ0) is 66.9. The van der Waals surface area contributed by atoms with Crippen molar-refractivity contribution in [3.63, 3.8) is 0 Å². The summed E-state index contributed by atoms with van der Waals surface area (Å²) in [5.41, 5.74) is 34.3. The Morgan fingerprint density at radius 3 is 1.65 bits per heavy atom. The molecule has 1 heterocycles. The smallest absolute Gasteiger partial charge is 0.246 e. The Morgan fingerprint density at radius 2 is 1.13 bits per heavy atom. The molecule has 89 heavy (non-hydrogen) atoms. The summed E-state index contributed by atoms with van der Waals surface area (Å²) >= 11 is 0. The van der Waals surface area contributed by atoms with Crippen molar-refractivity contribution in [1.29, 1.82) is 0 Å². The quantitative estimate of drug-likeness (QED) is 0.0126. The van der Waals surface area contributed by atoms with Crippen LogP contribution in [-0.2, 0) is 68.7 Å². The summed E-state index contributed by atoms with van der Waals surface area (Å²) in [5, 5.41) is 45.5. The molecule has 0 saturated carbocycles. The third-order valence-electron chi connectivity index (χ3n) is 14.1. The number of hydrogen-bond acceptors (Lipinski definition) is 22. The van der Waals surface area contributed by atoms with Crippen molar-refractivity contribution >= 4 is 76.9 Å². The first-order valence-electron chi connectivity index (χ1n) is 30.1. The molecule has 1 aromatic carbocycles.